The molecule has 9 heteroatoms. The maximum absolute atomic E-state index is 14.8. The lowest BCUT2D eigenvalue weighted by atomic mass is 9.80. The van der Waals surface area contributed by atoms with E-state index in [1.54, 1.807) is 6.07 Å². The normalized spacial score (nSPS) is 24.8. The fourth-order valence-electron chi connectivity index (χ4n) is 5.64. The number of nitrogens with one attached hydrogen (secondary N) is 1. The molecule has 1 aromatic carbocycles. The fourth-order valence-corrected chi connectivity index (χ4v) is 5.64. The van der Waals surface area contributed by atoms with Crippen molar-refractivity contribution in [1.82, 2.24) is 14.7 Å². The van der Waals surface area contributed by atoms with E-state index in [4.69, 9.17) is 0 Å². The third-order valence-electron chi connectivity index (χ3n) is 7.58. The molecule has 2 saturated heterocycles. The molecule has 0 unspecified atom stereocenters. The lowest BCUT2D eigenvalue weighted by Crippen LogP contribution is -2.53. The molecule has 1 N–H and O–H groups in total. The van der Waals surface area contributed by atoms with Crippen molar-refractivity contribution in [2.45, 2.75) is 69.1 Å². The Kier molecular flexibility index (Phi) is 6.87. The fraction of sp³-hybridized carbons (Fsp3) is 0.615. The van der Waals surface area contributed by atoms with Crippen molar-refractivity contribution in [3.63, 3.8) is 0 Å². The van der Waals surface area contributed by atoms with Crippen molar-refractivity contribution in [1.29, 1.82) is 5.26 Å². The molecule has 35 heavy (non-hydrogen) atoms. The third kappa shape index (κ3) is 4.90. The van der Waals surface area contributed by atoms with Crippen molar-refractivity contribution in [2.75, 3.05) is 38.5 Å². The van der Waals surface area contributed by atoms with Gasteiger partial charge in [-0.15, -0.1) is 0 Å². The van der Waals surface area contributed by atoms with Gasteiger partial charge in [-0.1, -0.05) is 18.2 Å². The number of amides is 3. The van der Waals surface area contributed by atoms with E-state index < -0.39 is 29.1 Å². The molecule has 1 spiro atoms. The average molecular weight is 484 g/mol. The third-order valence-corrected chi connectivity index (χ3v) is 7.58. The molecule has 0 bridgehead atoms. The lowest BCUT2D eigenvalue weighted by molar-refractivity contribution is -0.146. The molecule has 3 amide bonds. The number of hydrogen-bond acceptors (Lipinski definition) is 5. The van der Waals surface area contributed by atoms with Gasteiger partial charge in [0.1, 0.15) is 17.8 Å². The molecular formula is C26H34FN5O3. The molecule has 8 nitrogen and oxygen atoms in total. The SMILES string of the molecule is CN(C(=O)CCN1CCCC1)[C@@H](CC(C)(C)F)C(=O)N1C[C@]2(C[C@H]1C#N)C(=O)Nc1ccccc12. The summed E-state index contributed by atoms with van der Waals surface area (Å²) in [6, 6.07) is 7.54. The first-order chi connectivity index (χ1) is 16.6. The topological polar surface area (TPSA) is 96.8 Å². The summed E-state index contributed by atoms with van der Waals surface area (Å²) in [6.07, 6.45) is 2.45. The first kappa shape index (κ1) is 25.1. The lowest BCUT2D eigenvalue weighted by Gasteiger charge is -2.35. The second kappa shape index (κ2) is 9.57. The second-order valence-electron chi connectivity index (χ2n) is 10.6. The number of rotatable bonds is 7. The van der Waals surface area contributed by atoms with Crippen LogP contribution < -0.4 is 5.32 Å². The number of benzene rings is 1. The molecule has 0 saturated carbocycles. The van der Waals surface area contributed by atoms with Crippen LogP contribution in [0, 0.1) is 11.3 Å². The van der Waals surface area contributed by atoms with Crippen LogP contribution in [-0.2, 0) is 19.8 Å². The minimum absolute atomic E-state index is 0.0198. The van der Waals surface area contributed by atoms with E-state index in [0.717, 1.165) is 31.5 Å². The molecule has 0 aliphatic carbocycles. The molecule has 3 aliphatic rings. The van der Waals surface area contributed by atoms with Crippen molar-refractivity contribution in [3.05, 3.63) is 29.8 Å². The molecular weight excluding hydrogens is 449 g/mol. The molecule has 2 fully saturated rings. The van der Waals surface area contributed by atoms with Gasteiger partial charge in [0.25, 0.3) is 0 Å². The van der Waals surface area contributed by atoms with Crippen LogP contribution in [0.25, 0.3) is 0 Å². The van der Waals surface area contributed by atoms with Gasteiger partial charge in [-0.25, -0.2) is 4.39 Å². The summed E-state index contributed by atoms with van der Waals surface area (Å²) in [4.78, 5) is 44.8. The highest BCUT2D eigenvalue weighted by molar-refractivity contribution is 6.07. The quantitative estimate of drug-likeness (QED) is 0.643. The zero-order valence-electron chi connectivity index (χ0n) is 20.7. The highest BCUT2D eigenvalue weighted by Gasteiger charge is 2.56. The number of fused-ring (bicyclic) bond motifs is 2. The number of nitrogens with zero attached hydrogens (tertiary/aromatic N) is 4. The van der Waals surface area contributed by atoms with E-state index in [-0.39, 0.29) is 37.6 Å². The van der Waals surface area contributed by atoms with Crippen LogP contribution in [0.2, 0.25) is 0 Å². The Morgan fingerprint density at radius 1 is 1.31 bits per heavy atom. The summed E-state index contributed by atoms with van der Waals surface area (Å²) in [6.45, 7) is 5.30. The molecule has 188 valence electrons. The minimum atomic E-state index is -1.71. The van der Waals surface area contributed by atoms with Crippen molar-refractivity contribution in [3.8, 4) is 6.07 Å². The number of carbonyl (C=O) groups is 3. The van der Waals surface area contributed by atoms with Gasteiger partial charge in [-0.3, -0.25) is 14.4 Å². The zero-order valence-corrected chi connectivity index (χ0v) is 20.7. The molecule has 0 aromatic heterocycles. The van der Waals surface area contributed by atoms with E-state index in [1.807, 2.05) is 18.2 Å². The number of carbonyl (C=O) groups excluding carboxylic acids is 3. The Morgan fingerprint density at radius 2 is 2.00 bits per heavy atom. The second-order valence-corrected chi connectivity index (χ2v) is 10.6. The van der Waals surface area contributed by atoms with Gasteiger partial charge in [0, 0.05) is 45.1 Å². The Balaban J connectivity index is 1.57. The number of likely N-dealkylation sites (N-methyl/N-ethyl adjacent to an activating group) is 1. The number of alkyl halides is 1. The van der Waals surface area contributed by atoms with Gasteiger partial charge >= 0.3 is 0 Å². The Morgan fingerprint density at radius 3 is 2.66 bits per heavy atom. The summed E-state index contributed by atoms with van der Waals surface area (Å²) < 4.78 is 14.8. The molecule has 3 atom stereocenters. The van der Waals surface area contributed by atoms with Crippen molar-refractivity contribution < 1.29 is 18.8 Å². The zero-order chi connectivity index (χ0) is 25.4. The molecule has 4 rings (SSSR count). The maximum Gasteiger partial charge on any atom is 0.246 e. The summed E-state index contributed by atoms with van der Waals surface area (Å²) in [5.41, 5.74) is -1.29. The Labute approximate surface area is 206 Å². The van der Waals surface area contributed by atoms with Gasteiger partial charge in [0.15, 0.2) is 0 Å². The van der Waals surface area contributed by atoms with Gasteiger partial charge in [0.2, 0.25) is 17.7 Å². The highest BCUT2D eigenvalue weighted by Crippen LogP contribution is 2.46. The molecule has 1 aromatic rings. The Bertz CT molecular complexity index is 1040. The van der Waals surface area contributed by atoms with Crippen LogP contribution in [0.15, 0.2) is 24.3 Å². The van der Waals surface area contributed by atoms with Gasteiger partial charge in [0.05, 0.1) is 11.5 Å². The number of para-hydroxylation sites is 1. The summed E-state index contributed by atoms with van der Waals surface area (Å²) in [7, 11) is 1.53. The standard InChI is InChI=1S/C26H34FN5O3/c1-25(2,27)15-21(30(3)22(33)10-13-31-11-6-7-12-31)23(34)32-17-26(14-18(32)16-28)19-8-4-5-9-20(19)29-24(26)35/h4-5,8-9,18,21H,6-7,10-15,17H2,1-3H3,(H,29,35)/t18-,21-,26-/m0/s1. The minimum Gasteiger partial charge on any atom is -0.334 e. The first-order valence-corrected chi connectivity index (χ1v) is 12.3. The van der Waals surface area contributed by atoms with Crippen LogP contribution in [0.1, 0.15) is 51.5 Å². The van der Waals surface area contributed by atoms with Crippen LogP contribution in [-0.4, -0.2) is 83.4 Å². The molecule has 0 radical (unpaired) electrons. The largest absolute Gasteiger partial charge is 0.334 e. The number of likely N-dealkylation sites (tertiary alicyclic amines) is 2. The van der Waals surface area contributed by atoms with E-state index in [1.165, 1.54) is 30.7 Å². The van der Waals surface area contributed by atoms with Gasteiger partial charge < -0.3 is 20.0 Å². The number of anilines is 1. The average Bonchev–Trinajstić information content (AvgIpc) is 3.53. The number of hydrogen-bond donors (Lipinski definition) is 1. The number of halogens is 1. The summed E-state index contributed by atoms with van der Waals surface area (Å²) in [5, 5.41) is 12.8. The van der Waals surface area contributed by atoms with Crippen LogP contribution in [0.3, 0.4) is 0 Å². The Hall–Kier alpha value is -2.99. The van der Waals surface area contributed by atoms with Gasteiger partial charge in [-0.05, 0) is 51.4 Å². The highest BCUT2D eigenvalue weighted by atomic mass is 19.1. The summed E-state index contributed by atoms with van der Waals surface area (Å²) in [5.74, 6) is -0.967. The molecule has 3 heterocycles. The van der Waals surface area contributed by atoms with E-state index in [0.29, 0.717) is 12.2 Å². The maximum atomic E-state index is 14.8. The van der Waals surface area contributed by atoms with E-state index >= 15 is 0 Å². The summed E-state index contributed by atoms with van der Waals surface area (Å²) >= 11 is 0. The van der Waals surface area contributed by atoms with E-state index in [2.05, 4.69) is 16.3 Å². The smallest absolute Gasteiger partial charge is 0.246 e. The van der Waals surface area contributed by atoms with Crippen LogP contribution in [0.4, 0.5) is 10.1 Å². The first-order valence-electron chi connectivity index (χ1n) is 12.3. The van der Waals surface area contributed by atoms with Crippen LogP contribution >= 0.6 is 0 Å². The number of nitriles is 1. The molecule has 3 aliphatic heterocycles. The van der Waals surface area contributed by atoms with Crippen LogP contribution in [0.5, 0.6) is 0 Å². The predicted octanol–water partition coefficient (Wildman–Crippen LogP) is 2.45. The predicted molar refractivity (Wildman–Crippen MR) is 129 cm³/mol. The van der Waals surface area contributed by atoms with Crippen molar-refractivity contribution in [2.24, 2.45) is 0 Å². The van der Waals surface area contributed by atoms with Crippen molar-refractivity contribution >= 4 is 23.4 Å². The monoisotopic (exact) mass is 483 g/mol. The van der Waals surface area contributed by atoms with E-state index in [9.17, 15) is 24.0 Å². The van der Waals surface area contributed by atoms with Gasteiger partial charge in [-0.2, -0.15) is 5.26 Å².